The second-order valence-corrected chi connectivity index (χ2v) is 6.99. The summed E-state index contributed by atoms with van der Waals surface area (Å²) in [5.74, 6) is -1.02. The number of likely N-dealkylation sites (N-methyl/N-ethyl adjacent to an activating group) is 1. The number of hydrogen-bond acceptors (Lipinski definition) is 7. The van der Waals surface area contributed by atoms with Gasteiger partial charge in [0, 0.05) is 37.2 Å². The lowest BCUT2D eigenvalue weighted by Crippen LogP contribution is -2.35. The molecule has 5 N–H and O–H groups in total. The van der Waals surface area contributed by atoms with E-state index in [0.29, 0.717) is 29.1 Å². The van der Waals surface area contributed by atoms with Gasteiger partial charge in [0.25, 0.3) is 11.8 Å². The molecule has 0 bridgehead atoms. The van der Waals surface area contributed by atoms with Crippen molar-refractivity contribution in [3.05, 3.63) is 53.9 Å². The number of pyridine rings is 1. The molecule has 1 atom stereocenters. The van der Waals surface area contributed by atoms with Gasteiger partial charge in [-0.1, -0.05) is 23.4 Å². The molecule has 1 aliphatic rings. The van der Waals surface area contributed by atoms with Gasteiger partial charge in [0.05, 0.1) is 11.4 Å². The number of nitrogens with zero attached hydrogens (tertiary/aromatic N) is 3. The minimum absolute atomic E-state index is 0.00251. The first-order valence-electron chi connectivity index (χ1n) is 8.92. The molecular weight excluding hydrogens is 374 g/mol. The Hall–Kier alpha value is -3.72. The predicted octanol–water partition coefficient (Wildman–Crippen LogP) is 1.13. The van der Waals surface area contributed by atoms with Gasteiger partial charge in [0.15, 0.2) is 11.5 Å². The molecule has 0 aliphatic carbocycles. The van der Waals surface area contributed by atoms with Gasteiger partial charge in [0.2, 0.25) is 5.60 Å². The number of nitrogen functional groups attached to an aromatic ring is 1. The summed E-state index contributed by atoms with van der Waals surface area (Å²) >= 11 is 0. The molecule has 1 aliphatic heterocycles. The summed E-state index contributed by atoms with van der Waals surface area (Å²) in [6, 6.07) is 12.0. The van der Waals surface area contributed by atoms with Crippen molar-refractivity contribution in [2.75, 3.05) is 19.3 Å². The average Bonchev–Trinajstić information content (AvgIpc) is 3.31. The molecule has 0 saturated carbocycles. The Bertz CT molecular complexity index is 1130. The van der Waals surface area contributed by atoms with Crippen LogP contribution in [0.2, 0.25) is 0 Å². The van der Waals surface area contributed by atoms with Crippen LogP contribution in [0.15, 0.2) is 47.0 Å². The molecule has 148 valence electrons. The number of primary amides is 1. The first-order chi connectivity index (χ1) is 13.8. The second-order valence-electron chi connectivity index (χ2n) is 6.99. The molecule has 2 amide bonds. The van der Waals surface area contributed by atoms with E-state index in [0.717, 1.165) is 0 Å². The number of aliphatic hydroxyl groups is 1. The van der Waals surface area contributed by atoms with E-state index in [1.54, 1.807) is 37.4 Å². The third-order valence-corrected chi connectivity index (χ3v) is 5.04. The summed E-state index contributed by atoms with van der Waals surface area (Å²) in [6.45, 7) is 0.436. The molecule has 3 heterocycles. The minimum atomic E-state index is -1.70. The number of amides is 2. The lowest BCUT2D eigenvalue weighted by atomic mass is 9.97. The molecule has 1 fully saturated rings. The smallest absolute Gasteiger partial charge is 0.269 e. The Morgan fingerprint density at radius 2 is 1.93 bits per heavy atom. The molecule has 0 spiro atoms. The zero-order chi connectivity index (χ0) is 20.8. The maximum Gasteiger partial charge on any atom is 0.269 e. The number of rotatable bonds is 4. The van der Waals surface area contributed by atoms with Crippen LogP contribution in [0.25, 0.3) is 22.5 Å². The minimum Gasteiger partial charge on any atom is -0.397 e. The van der Waals surface area contributed by atoms with Crippen LogP contribution >= 0.6 is 0 Å². The van der Waals surface area contributed by atoms with Crippen LogP contribution in [-0.4, -0.2) is 45.6 Å². The Labute approximate surface area is 165 Å². The fourth-order valence-electron chi connectivity index (χ4n) is 3.35. The van der Waals surface area contributed by atoms with E-state index in [2.05, 4.69) is 10.1 Å². The van der Waals surface area contributed by atoms with Crippen molar-refractivity contribution >= 4 is 17.5 Å². The van der Waals surface area contributed by atoms with Crippen LogP contribution in [0.4, 0.5) is 5.69 Å². The summed E-state index contributed by atoms with van der Waals surface area (Å²) in [6.07, 6.45) is 0.238. The van der Waals surface area contributed by atoms with E-state index >= 15 is 0 Å². The highest BCUT2D eigenvalue weighted by atomic mass is 16.5. The number of nitrogens with two attached hydrogens (primary N) is 2. The van der Waals surface area contributed by atoms with Crippen molar-refractivity contribution < 1.29 is 19.2 Å². The largest absolute Gasteiger partial charge is 0.397 e. The molecule has 1 saturated heterocycles. The maximum atomic E-state index is 12.3. The molecule has 3 aromatic rings. The Balaban J connectivity index is 1.69. The van der Waals surface area contributed by atoms with Gasteiger partial charge >= 0.3 is 0 Å². The van der Waals surface area contributed by atoms with Crippen molar-refractivity contribution in [3.8, 4) is 22.5 Å². The van der Waals surface area contributed by atoms with Crippen molar-refractivity contribution in [1.29, 1.82) is 0 Å². The zero-order valence-corrected chi connectivity index (χ0v) is 15.6. The van der Waals surface area contributed by atoms with Gasteiger partial charge in [-0.3, -0.25) is 9.59 Å². The summed E-state index contributed by atoms with van der Waals surface area (Å²) < 4.78 is 5.30. The second kappa shape index (κ2) is 6.71. The normalized spacial score (nSPS) is 19.0. The first kappa shape index (κ1) is 18.6. The highest BCUT2D eigenvalue weighted by molar-refractivity contribution is 5.96. The van der Waals surface area contributed by atoms with Gasteiger partial charge < -0.3 is 26.0 Å². The molecule has 2 aromatic heterocycles. The number of likely N-dealkylation sites (tertiary alicyclic amines) is 1. The standard InChI is InChI=1S/C20H19N5O4/c1-25-8-7-20(28,19(25)27)16-10-15(24-29-16)12-4-2-3-11(9-12)14-6-5-13(21)17(23-14)18(22)26/h2-6,9-10,28H,7-8,21H2,1H3,(H2,22,26)/t20-/m1/s1. The fraction of sp³-hybridized carbons (Fsp3) is 0.200. The molecule has 0 radical (unpaired) electrons. The first-order valence-corrected chi connectivity index (χ1v) is 8.92. The Morgan fingerprint density at radius 1 is 1.21 bits per heavy atom. The quantitative estimate of drug-likeness (QED) is 0.601. The van der Waals surface area contributed by atoms with Crippen LogP contribution in [0.5, 0.6) is 0 Å². The van der Waals surface area contributed by atoms with Gasteiger partial charge in [-0.2, -0.15) is 0 Å². The molecule has 0 unspecified atom stereocenters. The molecule has 4 rings (SSSR count). The van der Waals surface area contributed by atoms with Crippen LogP contribution in [0.1, 0.15) is 22.7 Å². The highest BCUT2D eigenvalue weighted by Crippen LogP contribution is 2.35. The summed E-state index contributed by atoms with van der Waals surface area (Å²) in [7, 11) is 1.63. The molecular formula is C20H19N5O4. The maximum absolute atomic E-state index is 12.3. The van der Waals surface area contributed by atoms with Crippen molar-refractivity contribution in [2.24, 2.45) is 5.73 Å². The van der Waals surface area contributed by atoms with E-state index in [4.69, 9.17) is 16.0 Å². The summed E-state index contributed by atoms with van der Waals surface area (Å²) in [5, 5.41) is 14.7. The van der Waals surface area contributed by atoms with Gasteiger partial charge in [-0.05, 0) is 18.2 Å². The third kappa shape index (κ3) is 3.11. The fourth-order valence-corrected chi connectivity index (χ4v) is 3.35. The Morgan fingerprint density at radius 3 is 2.59 bits per heavy atom. The number of benzene rings is 1. The third-order valence-electron chi connectivity index (χ3n) is 5.04. The lowest BCUT2D eigenvalue weighted by molar-refractivity contribution is -0.144. The van der Waals surface area contributed by atoms with Crippen LogP contribution < -0.4 is 11.5 Å². The summed E-state index contributed by atoms with van der Waals surface area (Å²) in [5.41, 5.74) is 12.0. The molecule has 29 heavy (non-hydrogen) atoms. The Kier molecular flexibility index (Phi) is 4.31. The highest BCUT2D eigenvalue weighted by Gasteiger charge is 2.48. The predicted molar refractivity (Wildman–Crippen MR) is 104 cm³/mol. The topological polar surface area (TPSA) is 149 Å². The molecule has 9 nitrogen and oxygen atoms in total. The van der Waals surface area contributed by atoms with Crippen molar-refractivity contribution in [3.63, 3.8) is 0 Å². The number of aromatic nitrogens is 2. The lowest BCUT2D eigenvalue weighted by Gasteiger charge is -2.16. The number of hydrogen-bond donors (Lipinski definition) is 3. The van der Waals surface area contributed by atoms with Crippen LogP contribution in [-0.2, 0) is 10.4 Å². The van der Waals surface area contributed by atoms with Crippen molar-refractivity contribution in [2.45, 2.75) is 12.0 Å². The molecule has 1 aromatic carbocycles. The SMILES string of the molecule is CN1CC[C@@](O)(c2cc(-c3cccc(-c4ccc(N)c(C(N)=O)n4)c3)no2)C1=O. The van der Waals surface area contributed by atoms with E-state index < -0.39 is 17.4 Å². The van der Waals surface area contributed by atoms with Gasteiger partial charge in [-0.25, -0.2) is 4.98 Å². The number of carbonyl (C=O) groups excluding carboxylic acids is 2. The van der Waals surface area contributed by atoms with E-state index in [9.17, 15) is 14.7 Å². The zero-order valence-electron chi connectivity index (χ0n) is 15.6. The monoisotopic (exact) mass is 393 g/mol. The van der Waals surface area contributed by atoms with Crippen LogP contribution in [0, 0.1) is 0 Å². The van der Waals surface area contributed by atoms with Gasteiger partial charge in [-0.15, -0.1) is 0 Å². The van der Waals surface area contributed by atoms with E-state index in [-0.39, 0.29) is 23.6 Å². The summed E-state index contributed by atoms with van der Waals surface area (Å²) in [4.78, 5) is 29.5. The van der Waals surface area contributed by atoms with Crippen LogP contribution in [0.3, 0.4) is 0 Å². The number of carbonyl (C=O) groups is 2. The average molecular weight is 393 g/mol. The van der Waals surface area contributed by atoms with E-state index in [1.165, 1.54) is 4.90 Å². The van der Waals surface area contributed by atoms with Gasteiger partial charge in [0.1, 0.15) is 5.69 Å². The number of anilines is 1. The molecule has 9 heteroatoms. The van der Waals surface area contributed by atoms with E-state index in [1.807, 2.05) is 12.1 Å². The van der Waals surface area contributed by atoms with Crippen molar-refractivity contribution in [1.82, 2.24) is 15.0 Å².